The smallest absolute Gasteiger partial charge is 0.223 e. The first-order chi connectivity index (χ1) is 9.82. The topological polar surface area (TPSA) is 67.8 Å². The number of aliphatic hydroxyl groups excluding tert-OH is 1. The molecular weight excluding hydrogens is 270 g/mol. The van der Waals surface area contributed by atoms with E-state index < -0.39 is 5.54 Å². The van der Waals surface area contributed by atoms with Gasteiger partial charge >= 0.3 is 0 Å². The summed E-state index contributed by atoms with van der Waals surface area (Å²) in [5, 5.41) is 12.0. The molecule has 1 unspecified atom stereocenters. The normalized spacial score (nSPS) is 12.7. The number of aliphatic hydroxyl groups is 1. The largest absolute Gasteiger partial charge is 0.493 e. The lowest BCUT2D eigenvalue weighted by Gasteiger charge is -2.25. The zero-order chi connectivity index (χ0) is 16.0. The van der Waals surface area contributed by atoms with Crippen molar-refractivity contribution in [2.45, 2.75) is 32.7 Å². The predicted molar refractivity (Wildman–Crippen MR) is 81.7 cm³/mol. The number of carbonyl (C=O) groups excluding carboxylic acids is 1. The molecule has 5 nitrogen and oxygen atoms in total. The van der Waals surface area contributed by atoms with E-state index in [-0.39, 0.29) is 18.4 Å². The quantitative estimate of drug-likeness (QED) is 0.804. The minimum atomic E-state index is -0.608. The number of carbonyl (C=O) groups is 1. The molecule has 2 N–H and O–H groups in total. The maximum absolute atomic E-state index is 12.1. The van der Waals surface area contributed by atoms with E-state index in [0.717, 1.165) is 5.56 Å². The number of rotatable bonds is 7. The summed E-state index contributed by atoms with van der Waals surface area (Å²) in [5.41, 5.74) is 0.389. The average molecular weight is 295 g/mol. The van der Waals surface area contributed by atoms with E-state index in [2.05, 4.69) is 5.32 Å². The van der Waals surface area contributed by atoms with E-state index in [1.807, 2.05) is 25.1 Å². The van der Waals surface area contributed by atoms with E-state index in [1.54, 1.807) is 28.1 Å². The molecule has 0 fully saturated rings. The van der Waals surface area contributed by atoms with Crippen LogP contribution in [0.3, 0.4) is 0 Å². The number of hydrogen-bond donors (Lipinski definition) is 2. The van der Waals surface area contributed by atoms with Crippen molar-refractivity contribution in [3.63, 3.8) is 0 Å². The molecule has 0 saturated heterocycles. The first-order valence-corrected chi connectivity index (χ1v) is 6.96. The maximum Gasteiger partial charge on any atom is 0.223 e. The molecule has 0 aromatic heterocycles. The van der Waals surface area contributed by atoms with Crippen LogP contribution in [-0.2, 0) is 11.2 Å². The van der Waals surface area contributed by atoms with Crippen LogP contribution in [0.15, 0.2) is 18.2 Å². The molecule has 0 heterocycles. The lowest BCUT2D eigenvalue weighted by atomic mass is 9.98. The number of benzene rings is 1. The van der Waals surface area contributed by atoms with E-state index in [4.69, 9.17) is 9.47 Å². The second kappa shape index (κ2) is 7.31. The summed E-state index contributed by atoms with van der Waals surface area (Å²) >= 11 is 0. The highest BCUT2D eigenvalue weighted by Crippen LogP contribution is 2.28. The summed E-state index contributed by atoms with van der Waals surface area (Å²) in [6, 6.07) is 5.62. The number of methoxy groups -OCH3 is 2. The van der Waals surface area contributed by atoms with Crippen LogP contribution in [0, 0.1) is 5.92 Å². The Bertz CT molecular complexity index is 485. The van der Waals surface area contributed by atoms with Gasteiger partial charge in [0.2, 0.25) is 5.91 Å². The Hall–Kier alpha value is -1.75. The Kier molecular flexibility index (Phi) is 6.03. The molecule has 0 aliphatic rings. The van der Waals surface area contributed by atoms with Gasteiger partial charge in [-0.2, -0.15) is 0 Å². The Morgan fingerprint density at radius 1 is 1.29 bits per heavy atom. The van der Waals surface area contributed by atoms with Crippen molar-refractivity contribution < 1.29 is 19.4 Å². The van der Waals surface area contributed by atoms with Crippen LogP contribution < -0.4 is 14.8 Å². The van der Waals surface area contributed by atoms with E-state index in [1.165, 1.54) is 0 Å². The molecule has 0 saturated carbocycles. The fourth-order valence-corrected chi connectivity index (χ4v) is 1.95. The third kappa shape index (κ3) is 4.93. The van der Waals surface area contributed by atoms with Crippen molar-refractivity contribution in [3.05, 3.63) is 23.8 Å². The molecule has 0 aliphatic carbocycles. The van der Waals surface area contributed by atoms with Crippen LogP contribution in [0.5, 0.6) is 11.5 Å². The van der Waals surface area contributed by atoms with Crippen LogP contribution in [0.25, 0.3) is 0 Å². The molecule has 1 amide bonds. The van der Waals surface area contributed by atoms with Crippen molar-refractivity contribution in [3.8, 4) is 11.5 Å². The van der Waals surface area contributed by atoms with Crippen molar-refractivity contribution in [2.75, 3.05) is 20.8 Å². The van der Waals surface area contributed by atoms with Crippen molar-refractivity contribution >= 4 is 5.91 Å². The van der Waals surface area contributed by atoms with Gasteiger partial charge in [0.25, 0.3) is 0 Å². The van der Waals surface area contributed by atoms with Gasteiger partial charge < -0.3 is 19.9 Å². The van der Waals surface area contributed by atoms with Gasteiger partial charge in [-0.1, -0.05) is 13.0 Å². The molecule has 5 heteroatoms. The molecule has 118 valence electrons. The van der Waals surface area contributed by atoms with Crippen LogP contribution in [0.2, 0.25) is 0 Å². The van der Waals surface area contributed by atoms with Gasteiger partial charge in [-0.25, -0.2) is 0 Å². The average Bonchev–Trinajstić information content (AvgIpc) is 2.46. The molecule has 0 radical (unpaired) electrons. The summed E-state index contributed by atoms with van der Waals surface area (Å²) < 4.78 is 10.5. The summed E-state index contributed by atoms with van der Waals surface area (Å²) in [4.78, 5) is 12.1. The zero-order valence-electron chi connectivity index (χ0n) is 13.4. The highest BCUT2D eigenvalue weighted by Gasteiger charge is 2.23. The Morgan fingerprint density at radius 3 is 2.43 bits per heavy atom. The van der Waals surface area contributed by atoms with Crippen LogP contribution in [-0.4, -0.2) is 37.4 Å². The number of ether oxygens (including phenoxy) is 2. The first-order valence-electron chi connectivity index (χ1n) is 6.96. The van der Waals surface area contributed by atoms with Crippen LogP contribution in [0.4, 0.5) is 0 Å². The first kappa shape index (κ1) is 17.3. The second-order valence-corrected chi connectivity index (χ2v) is 5.83. The second-order valence-electron chi connectivity index (χ2n) is 5.83. The Balaban J connectivity index is 2.74. The van der Waals surface area contributed by atoms with Gasteiger partial charge in [0.15, 0.2) is 11.5 Å². The van der Waals surface area contributed by atoms with Gasteiger partial charge in [0.1, 0.15) is 0 Å². The number of hydrogen-bond acceptors (Lipinski definition) is 4. The molecule has 1 aromatic rings. The lowest BCUT2D eigenvalue weighted by molar-refractivity contribution is -0.126. The molecule has 21 heavy (non-hydrogen) atoms. The minimum absolute atomic E-state index is 0.0798. The van der Waals surface area contributed by atoms with Gasteiger partial charge in [-0.3, -0.25) is 4.79 Å². The highest BCUT2D eigenvalue weighted by atomic mass is 16.5. The molecular formula is C16H25NO4. The van der Waals surface area contributed by atoms with Crippen molar-refractivity contribution in [2.24, 2.45) is 5.92 Å². The van der Waals surface area contributed by atoms with E-state index >= 15 is 0 Å². The number of amides is 1. The molecule has 0 spiro atoms. The predicted octanol–water partition coefficient (Wildman–Crippen LogP) is 1.77. The standard InChI is InChI=1S/C16H25NO4/c1-11(15(19)17-16(2,3)10-18)8-12-6-7-13(20-4)14(9-12)21-5/h6-7,9,11,18H,8,10H2,1-5H3,(H,17,19). The molecule has 1 rings (SSSR count). The highest BCUT2D eigenvalue weighted by molar-refractivity contribution is 5.79. The SMILES string of the molecule is COc1ccc(CC(C)C(=O)NC(C)(C)CO)cc1OC. The third-order valence-electron chi connectivity index (χ3n) is 3.29. The van der Waals surface area contributed by atoms with Gasteiger partial charge in [-0.15, -0.1) is 0 Å². The van der Waals surface area contributed by atoms with Crippen LogP contribution >= 0.6 is 0 Å². The Labute approximate surface area is 126 Å². The van der Waals surface area contributed by atoms with Crippen LogP contribution in [0.1, 0.15) is 26.3 Å². The summed E-state index contributed by atoms with van der Waals surface area (Å²) in [7, 11) is 3.17. The van der Waals surface area contributed by atoms with E-state index in [9.17, 15) is 9.90 Å². The van der Waals surface area contributed by atoms with Gasteiger partial charge in [-0.05, 0) is 38.0 Å². The fraction of sp³-hybridized carbons (Fsp3) is 0.562. The third-order valence-corrected chi connectivity index (χ3v) is 3.29. The summed E-state index contributed by atoms with van der Waals surface area (Å²) in [5.74, 6) is 1.04. The fourth-order valence-electron chi connectivity index (χ4n) is 1.95. The molecule has 0 aliphatic heterocycles. The Morgan fingerprint density at radius 2 is 1.90 bits per heavy atom. The van der Waals surface area contributed by atoms with Crippen molar-refractivity contribution in [1.29, 1.82) is 0 Å². The molecule has 0 bridgehead atoms. The summed E-state index contributed by atoms with van der Waals surface area (Å²) in [6.45, 7) is 5.34. The molecule has 1 aromatic carbocycles. The monoisotopic (exact) mass is 295 g/mol. The zero-order valence-corrected chi connectivity index (χ0v) is 13.4. The number of nitrogens with one attached hydrogen (secondary N) is 1. The van der Waals surface area contributed by atoms with E-state index in [0.29, 0.717) is 17.9 Å². The maximum atomic E-state index is 12.1. The van der Waals surface area contributed by atoms with Gasteiger partial charge in [0, 0.05) is 5.92 Å². The van der Waals surface area contributed by atoms with Gasteiger partial charge in [0.05, 0.1) is 26.4 Å². The van der Waals surface area contributed by atoms with Crippen molar-refractivity contribution in [1.82, 2.24) is 5.32 Å². The summed E-state index contributed by atoms with van der Waals surface area (Å²) in [6.07, 6.45) is 0.591. The molecule has 1 atom stereocenters. The lowest BCUT2D eigenvalue weighted by Crippen LogP contribution is -2.48. The minimum Gasteiger partial charge on any atom is -0.493 e.